The van der Waals surface area contributed by atoms with E-state index in [-0.39, 0.29) is 35.5 Å². The molecule has 2 heterocycles. The zero-order valence-electron chi connectivity index (χ0n) is 13.7. The van der Waals surface area contributed by atoms with Crippen LogP contribution < -0.4 is 11.3 Å². The number of carbonyl (C=O) groups excluding carboxylic acids is 1. The fraction of sp³-hybridized carbons (Fsp3) is 0.688. The van der Waals surface area contributed by atoms with Crippen molar-refractivity contribution in [2.45, 2.75) is 45.6 Å². The molecule has 7 heteroatoms. The number of likely N-dealkylation sites (tertiary alicyclic amines) is 1. The number of hydrogen-bond acceptors (Lipinski definition) is 4. The van der Waals surface area contributed by atoms with Crippen LogP contribution in [-0.4, -0.2) is 40.1 Å². The predicted molar refractivity (Wildman–Crippen MR) is 91.0 cm³/mol. The molecule has 1 amide bonds. The van der Waals surface area contributed by atoms with E-state index in [0.29, 0.717) is 31.2 Å². The van der Waals surface area contributed by atoms with Gasteiger partial charge in [0.1, 0.15) is 5.56 Å². The summed E-state index contributed by atoms with van der Waals surface area (Å²) in [5.41, 5.74) is 7.64. The molecule has 0 bridgehead atoms. The average molecular weight is 341 g/mol. The number of aromatic nitrogens is 2. The van der Waals surface area contributed by atoms with Crippen molar-refractivity contribution in [3.63, 3.8) is 0 Å². The van der Waals surface area contributed by atoms with Crippen molar-refractivity contribution in [3.05, 3.63) is 27.2 Å². The van der Waals surface area contributed by atoms with E-state index >= 15 is 0 Å². The number of aryl methyl sites for hydroxylation is 1. The molecule has 3 unspecified atom stereocenters. The molecule has 1 aliphatic heterocycles. The van der Waals surface area contributed by atoms with Crippen LogP contribution in [0.25, 0.3) is 0 Å². The van der Waals surface area contributed by atoms with Gasteiger partial charge < -0.3 is 10.6 Å². The molecule has 3 N–H and O–H groups in total. The zero-order chi connectivity index (χ0) is 15.9. The van der Waals surface area contributed by atoms with E-state index in [1.165, 1.54) is 0 Å². The van der Waals surface area contributed by atoms with Gasteiger partial charge in [-0.1, -0.05) is 13.8 Å². The molecule has 1 saturated carbocycles. The molecule has 3 atom stereocenters. The minimum Gasteiger partial charge on any atom is -0.338 e. The van der Waals surface area contributed by atoms with Crippen LogP contribution in [0, 0.1) is 11.8 Å². The lowest BCUT2D eigenvalue weighted by Crippen LogP contribution is -2.37. The Balaban J connectivity index is 0.00000192. The summed E-state index contributed by atoms with van der Waals surface area (Å²) in [5.74, 6) is 0.730. The van der Waals surface area contributed by atoms with E-state index in [1.807, 2.05) is 18.7 Å². The molecule has 6 nitrogen and oxygen atoms in total. The summed E-state index contributed by atoms with van der Waals surface area (Å²) < 4.78 is 0. The second-order valence-corrected chi connectivity index (χ2v) is 6.44. The Kier molecular flexibility index (Phi) is 5.47. The van der Waals surface area contributed by atoms with Gasteiger partial charge in [0.05, 0.1) is 5.69 Å². The lowest BCUT2D eigenvalue weighted by Gasteiger charge is -2.20. The first-order chi connectivity index (χ1) is 10.6. The maximum atomic E-state index is 12.9. The van der Waals surface area contributed by atoms with Gasteiger partial charge in [-0.05, 0) is 43.1 Å². The largest absolute Gasteiger partial charge is 0.338 e. The molecule has 2 fully saturated rings. The van der Waals surface area contributed by atoms with Crippen molar-refractivity contribution in [3.8, 4) is 0 Å². The van der Waals surface area contributed by atoms with Gasteiger partial charge in [0.2, 0.25) is 0 Å². The van der Waals surface area contributed by atoms with Gasteiger partial charge in [0.25, 0.3) is 11.5 Å². The average Bonchev–Trinajstić information content (AvgIpc) is 3.08. The number of amides is 1. The minimum atomic E-state index is -0.375. The van der Waals surface area contributed by atoms with Crippen molar-refractivity contribution >= 4 is 18.3 Å². The molecule has 1 aliphatic carbocycles. The maximum Gasteiger partial charge on any atom is 0.277 e. The number of halogens is 1. The topological polar surface area (TPSA) is 92.1 Å². The highest BCUT2D eigenvalue weighted by Crippen LogP contribution is 2.37. The van der Waals surface area contributed by atoms with Crippen molar-refractivity contribution in [1.29, 1.82) is 0 Å². The van der Waals surface area contributed by atoms with Crippen LogP contribution in [0.15, 0.2) is 4.79 Å². The van der Waals surface area contributed by atoms with E-state index in [1.54, 1.807) is 0 Å². The van der Waals surface area contributed by atoms with Crippen LogP contribution in [0.3, 0.4) is 0 Å². The van der Waals surface area contributed by atoms with E-state index in [4.69, 9.17) is 5.73 Å². The standard InChI is InChI=1S/C16H24N4O2.ClH/c1-3-10-13(4-2)18-19-15(21)14(10)16(22)20-7-9-5-6-12(17)11(9)8-20;/h9,11-12H,3-8,17H2,1-2H3,(H,19,21);1H. The Labute approximate surface area is 142 Å². The third-order valence-electron chi connectivity index (χ3n) is 5.27. The van der Waals surface area contributed by atoms with Crippen LogP contribution in [0.1, 0.15) is 48.3 Å². The van der Waals surface area contributed by atoms with Gasteiger partial charge in [-0.3, -0.25) is 9.59 Å². The number of hydrogen-bond donors (Lipinski definition) is 2. The molecule has 1 saturated heterocycles. The Bertz CT molecular complexity index is 645. The monoisotopic (exact) mass is 340 g/mol. The molecule has 0 spiro atoms. The predicted octanol–water partition coefficient (Wildman–Crippen LogP) is 1.13. The molecular formula is C16H25ClN4O2. The van der Waals surface area contributed by atoms with Crippen molar-refractivity contribution in [2.24, 2.45) is 17.6 Å². The first-order valence-electron chi connectivity index (χ1n) is 8.22. The summed E-state index contributed by atoms with van der Waals surface area (Å²) in [4.78, 5) is 26.9. The van der Waals surface area contributed by atoms with E-state index in [0.717, 1.165) is 30.6 Å². The highest BCUT2D eigenvalue weighted by molar-refractivity contribution is 5.95. The van der Waals surface area contributed by atoms with Gasteiger partial charge >= 0.3 is 0 Å². The quantitative estimate of drug-likeness (QED) is 0.862. The molecule has 23 heavy (non-hydrogen) atoms. The van der Waals surface area contributed by atoms with Crippen LogP contribution in [0.2, 0.25) is 0 Å². The van der Waals surface area contributed by atoms with E-state index in [9.17, 15) is 9.59 Å². The number of carbonyl (C=O) groups is 1. The van der Waals surface area contributed by atoms with Gasteiger partial charge in [-0.25, -0.2) is 5.10 Å². The minimum absolute atomic E-state index is 0. The van der Waals surface area contributed by atoms with Crippen LogP contribution in [0.5, 0.6) is 0 Å². The molecule has 0 radical (unpaired) electrons. The molecule has 3 rings (SSSR count). The van der Waals surface area contributed by atoms with Gasteiger partial charge in [0.15, 0.2) is 0 Å². The number of aromatic amines is 1. The number of rotatable bonds is 3. The number of nitrogens with one attached hydrogen (secondary N) is 1. The van der Waals surface area contributed by atoms with Gasteiger partial charge in [-0.15, -0.1) is 12.4 Å². The lowest BCUT2D eigenvalue weighted by atomic mass is 9.98. The maximum absolute atomic E-state index is 12.9. The van der Waals surface area contributed by atoms with Gasteiger partial charge in [-0.2, -0.15) is 5.10 Å². The van der Waals surface area contributed by atoms with E-state index in [2.05, 4.69) is 10.2 Å². The van der Waals surface area contributed by atoms with Crippen molar-refractivity contribution < 1.29 is 4.79 Å². The number of nitrogens with zero attached hydrogens (tertiary/aromatic N) is 2. The van der Waals surface area contributed by atoms with Crippen molar-refractivity contribution in [1.82, 2.24) is 15.1 Å². The lowest BCUT2D eigenvalue weighted by molar-refractivity contribution is 0.0776. The summed E-state index contributed by atoms with van der Waals surface area (Å²) >= 11 is 0. The van der Waals surface area contributed by atoms with Crippen LogP contribution in [0.4, 0.5) is 0 Å². The summed E-state index contributed by atoms with van der Waals surface area (Å²) in [7, 11) is 0. The summed E-state index contributed by atoms with van der Waals surface area (Å²) in [6.07, 6.45) is 3.48. The molecular weight excluding hydrogens is 316 g/mol. The van der Waals surface area contributed by atoms with Crippen LogP contribution >= 0.6 is 12.4 Å². The Morgan fingerprint density at radius 1 is 1.30 bits per heavy atom. The first kappa shape index (κ1) is 17.9. The smallest absolute Gasteiger partial charge is 0.277 e. The zero-order valence-corrected chi connectivity index (χ0v) is 14.5. The van der Waals surface area contributed by atoms with E-state index < -0.39 is 0 Å². The normalized spacial score (nSPS) is 26.0. The number of fused-ring (bicyclic) bond motifs is 1. The molecule has 1 aromatic heterocycles. The second kappa shape index (κ2) is 7.01. The molecule has 0 aromatic carbocycles. The Morgan fingerprint density at radius 3 is 2.65 bits per heavy atom. The summed E-state index contributed by atoms with van der Waals surface area (Å²) in [5, 5.41) is 6.56. The van der Waals surface area contributed by atoms with Gasteiger partial charge in [0, 0.05) is 19.1 Å². The third kappa shape index (κ3) is 3.02. The second-order valence-electron chi connectivity index (χ2n) is 6.44. The third-order valence-corrected chi connectivity index (χ3v) is 5.27. The Morgan fingerprint density at radius 2 is 2.04 bits per heavy atom. The highest BCUT2D eigenvalue weighted by Gasteiger charge is 2.43. The fourth-order valence-electron chi connectivity index (χ4n) is 4.05. The summed E-state index contributed by atoms with van der Waals surface area (Å²) in [6, 6.07) is 0.190. The van der Waals surface area contributed by atoms with Crippen molar-refractivity contribution in [2.75, 3.05) is 13.1 Å². The SMILES string of the molecule is CCc1n[nH]c(=O)c(C(=O)N2CC3CCC(N)C3C2)c1CC.Cl. The molecule has 2 aliphatic rings. The number of H-pyrrole nitrogens is 1. The highest BCUT2D eigenvalue weighted by atomic mass is 35.5. The fourth-order valence-corrected chi connectivity index (χ4v) is 4.05. The molecule has 1 aromatic rings. The van der Waals surface area contributed by atoms with Crippen LogP contribution in [-0.2, 0) is 12.8 Å². The first-order valence-corrected chi connectivity index (χ1v) is 8.22. The molecule has 128 valence electrons. The number of nitrogens with two attached hydrogens (primary N) is 1. The Hall–Kier alpha value is -1.40. The summed E-state index contributed by atoms with van der Waals surface area (Å²) in [6.45, 7) is 5.34.